The molecule has 246 valence electrons. The molecule has 0 radical (unpaired) electrons. The number of aromatic nitrogens is 2. The topological polar surface area (TPSA) is 111 Å². The second-order valence-corrected chi connectivity index (χ2v) is 15.0. The number of halogens is 3. The monoisotopic (exact) mass is 661 g/mol. The highest BCUT2D eigenvalue weighted by Crippen LogP contribution is 2.40. The summed E-state index contributed by atoms with van der Waals surface area (Å²) in [4.78, 5) is 4.38. The summed E-state index contributed by atoms with van der Waals surface area (Å²) < 4.78 is 75.6. The molecule has 2 aromatic rings. The molecule has 5 rings (SSSR count). The summed E-state index contributed by atoms with van der Waals surface area (Å²) in [5.41, 5.74) is 1.64. The van der Waals surface area contributed by atoms with Crippen LogP contribution in [0.15, 0.2) is 23.1 Å². The lowest BCUT2D eigenvalue weighted by molar-refractivity contribution is -0.139. The first-order chi connectivity index (χ1) is 20.9. The number of nitrogens with zero attached hydrogens (tertiary/aromatic N) is 5. The van der Waals surface area contributed by atoms with Crippen molar-refractivity contribution in [2.75, 3.05) is 71.0 Å². The Kier molecular flexibility index (Phi) is 11.0. The van der Waals surface area contributed by atoms with Gasteiger partial charge in [-0.3, -0.25) is 9.58 Å². The van der Waals surface area contributed by atoms with E-state index in [2.05, 4.69) is 9.80 Å². The molecule has 2 atom stereocenters. The number of ether oxygens (including phenoxy) is 1. The van der Waals surface area contributed by atoms with E-state index >= 15 is 0 Å². The molecule has 1 aromatic heterocycles. The SMILES string of the molecule is CS(=O)(=O)N1CCc2c(c(-c3ccc(C(F)(F)F)c(SCCN4CCOC(CO)C4)c3)nn2CC(O)CN2CCCCC2)C1. The number of aliphatic hydroxyl groups excluding tert-OH is 2. The van der Waals surface area contributed by atoms with Crippen LogP contribution in [-0.2, 0) is 40.4 Å². The lowest BCUT2D eigenvalue weighted by atomic mass is 10.0. The van der Waals surface area contributed by atoms with Crippen molar-refractivity contribution in [1.29, 1.82) is 0 Å². The fourth-order valence-electron chi connectivity index (χ4n) is 6.23. The van der Waals surface area contributed by atoms with Crippen LogP contribution in [0.4, 0.5) is 13.2 Å². The van der Waals surface area contributed by atoms with E-state index in [9.17, 15) is 31.8 Å². The number of alkyl halides is 3. The lowest BCUT2D eigenvalue weighted by Gasteiger charge is -2.31. The van der Waals surface area contributed by atoms with Gasteiger partial charge in [0, 0.05) is 73.2 Å². The summed E-state index contributed by atoms with van der Waals surface area (Å²) >= 11 is 1.11. The van der Waals surface area contributed by atoms with Crippen LogP contribution in [0, 0.1) is 0 Å². The predicted molar refractivity (Wildman–Crippen MR) is 162 cm³/mol. The summed E-state index contributed by atoms with van der Waals surface area (Å²) in [5.74, 6) is 0.405. The maximum absolute atomic E-state index is 14.1. The average molecular weight is 662 g/mol. The van der Waals surface area contributed by atoms with Crippen LogP contribution in [0.1, 0.15) is 36.1 Å². The average Bonchev–Trinajstić information content (AvgIpc) is 3.34. The van der Waals surface area contributed by atoms with Gasteiger partial charge in [0.05, 0.1) is 49.5 Å². The molecule has 2 unspecified atom stereocenters. The quantitative estimate of drug-likeness (QED) is 0.351. The second-order valence-electron chi connectivity index (χ2n) is 11.9. The van der Waals surface area contributed by atoms with Crippen LogP contribution in [0.25, 0.3) is 11.3 Å². The second kappa shape index (κ2) is 14.4. The minimum absolute atomic E-state index is 0.0677. The van der Waals surface area contributed by atoms with Crippen molar-refractivity contribution >= 4 is 21.8 Å². The van der Waals surface area contributed by atoms with E-state index in [1.807, 2.05) is 0 Å². The normalized spacial score (nSPS) is 21.8. The third kappa shape index (κ3) is 8.35. The van der Waals surface area contributed by atoms with Crippen LogP contribution in [-0.4, -0.2) is 126 Å². The van der Waals surface area contributed by atoms with Crippen molar-refractivity contribution in [2.45, 2.75) is 62.1 Å². The highest BCUT2D eigenvalue weighted by molar-refractivity contribution is 7.99. The Bertz CT molecular complexity index is 1380. The molecule has 3 aliphatic rings. The molecule has 2 saturated heterocycles. The van der Waals surface area contributed by atoms with E-state index in [-0.39, 0.29) is 37.2 Å². The zero-order chi connectivity index (χ0) is 31.5. The molecular formula is C29H42F3N5O5S2. The van der Waals surface area contributed by atoms with E-state index in [0.717, 1.165) is 55.7 Å². The van der Waals surface area contributed by atoms with Crippen molar-refractivity contribution in [3.8, 4) is 11.3 Å². The fourth-order valence-corrected chi connectivity index (χ4v) is 8.14. The Morgan fingerprint density at radius 1 is 1.11 bits per heavy atom. The van der Waals surface area contributed by atoms with Gasteiger partial charge >= 0.3 is 6.18 Å². The molecule has 2 fully saturated rings. The standard InChI is InChI=1S/C29H42F3N5O5S2/c1-44(40,41)36-10-7-26-24(19-36)28(33-37(26)17-22(39)16-34-8-3-2-4-9-34)21-5-6-25(29(30,31)32)27(15-21)43-14-12-35-11-13-42-23(18-35)20-38/h5-6,15,22-23,38-39H,2-4,7-14,16-20H2,1H3. The number of aliphatic hydroxyl groups is 2. The number of morpholine rings is 1. The van der Waals surface area contributed by atoms with Crippen LogP contribution < -0.4 is 0 Å². The van der Waals surface area contributed by atoms with E-state index in [4.69, 9.17) is 9.84 Å². The van der Waals surface area contributed by atoms with E-state index in [0.29, 0.717) is 61.8 Å². The number of thioether (sulfide) groups is 1. The minimum Gasteiger partial charge on any atom is -0.394 e. The third-order valence-electron chi connectivity index (χ3n) is 8.52. The van der Waals surface area contributed by atoms with Crippen molar-refractivity contribution in [2.24, 2.45) is 0 Å². The van der Waals surface area contributed by atoms with Gasteiger partial charge in [-0.2, -0.15) is 22.6 Å². The number of hydrogen-bond acceptors (Lipinski definition) is 9. The first-order valence-electron chi connectivity index (χ1n) is 15.2. The molecule has 3 aliphatic heterocycles. The molecule has 4 heterocycles. The number of piperidine rings is 1. The molecule has 0 bridgehead atoms. The molecule has 0 amide bonds. The highest BCUT2D eigenvalue weighted by Gasteiger charge is 2.35. The van der Waals surface area contributed by atoms with Gasteiger partial charge in [0.2, 0.25) is 10.0 Å². The number of sulfonamides is 1. The van der Waals surface area contributed by atoms with Gasteiger partial charge in [0.1, 0.15) is 0 Å². The molecular weight excluding hydrogens is 619 g/mol. The summed E-state index contributed by atoms with van der Waals surface area (Å²) in [6.45, 7) is 4.98. The predicted octanol–water partition coefficient (Wildman–Crippen LogP) is 2.52. The molecule has 0 aliphatic carbocycles. The summed E-state index contributed by atoms with van der Waals surface area (Å²) in [5, 5.41) is 25.2. The van der Waals surface area contributed by atoms with Gasteiger partial charge in [0.25, 0.3) is 0 Å². The Hall–Kier alpha value is -1.72. The molecule has 10 nitrogen and oxygen atoms in total. The van der Waals surface area contributed by atoms with Crippen molar-refractivity contribution < 1.29 is 36.5 Å². The number of hydrogen-bond donors (Lipinski definition) is 2. The van der Waals surface area contributed by atoms with Gasteiger partial charge in [0.15, 0.2) is 0 Å². The van der Waals surface area contributed by atoms with E-state index < -0.39 is 27.9 Å². The Labute approximate surface area is 261 Å². The molecule has 1 aromatic carbocycles. The lowest BCUT2D eigenvalue weighted by Crippen LogP contribution is -2.44. The van der Waals surface area contributed by atoms with E-state index in [1.165, 1.54) is 22.9 Å². The van der Waals surface area contributed by atoms with Crippen molar-refractivity contribution in [3.63, 3.8) is 0 Å². The maximum Gasteiger partial charge on any atom is 0.417 e. The maximum atomic E-state index is 14.1. The van der Waals surface area contributed by atoms with Gasteiger partial charge in [-0.15, -0.1) is 11.8 Å². The summed E-state index contributed by atoms with van der Waals surface area (Å²) in [6, 6.07) is 3.97. The van der Waals surface area contributed by atoms with Crippen LogP contribution in [0.5, 0.6) is 0 Å². The Balaban J connectivity index is 1.42. The molecule has 0 saturated carbocycles. The molecule has 44 heavy (non-hydrogen) atoms. The van der Waals surface area contributed by atoms with Crippen molar-refractivity contribution in [3.05, 3.63) is 35.0 Å². The summed E-state index contributed by atoms with van der Waals surface area (Å²) in [7, 11) is -3.51. The minimum atomic E-state index is -4.55. The van der Waals surface area contributed by atoms with Crippen LogP contribution in [0.2, 0.25) is 0 Å². The molecule has 15 heteroatoms. The fraction of sp³-hybridized carbons (Fsp3) is 0.690. The van der Waals surface area contributed by atoms with Gasteiger partial charge in [-0.25, -0.2) is 8.42 Å². The smallest absolute Gasteiger partial charge is 0.394 e. The van der Waals surface area contributed by atoms with Gasteiger partial charge in [-0.1, -0.05) is 12.5 Å². The molecule has 2 N–H and O–H groups in total. The Morgan fingerprint density at radius 3 is 2.59 bits per heavy atom. The zero-order valence-electron chi connectivity index (χ0n) is 25.0. The first kappa shape index (κ1) is 33.6. The first-order valence-corrected chi connectivity index (χ1v) is 18.0. The van der Waals surface area contributed by atoms with E-state index in [1.54, 1.807) is 4.68 Å². The van der Waals surface area contributed by atoms with Crippen LogP contribution in [0.3, 0.4) is 0 Å². The van der Waals surface area contributed by atoms with Crippen molar-refractivity contribution in [1.82, 2.24) is 23.9 Å². The number of rotatable bonds is 11. The molecule has 0 spiro atoms. The van der Waals surface area contributed by atoms with Gasteiger partial charge in [-0.05, 0) is 38.1 Å². The number of likely N-dealkylation sites (tertiary alicyclic amines) is 1. The van der Waals surface area contributed by atoms with Crippen LogP contribution >= 0.6 is 11.8 Å². The largest absolute Gasteiger partial charge is 0.417 e. The van der Waals surface area contributed by atoms with Gasteiger partial charge < -0.3 is 19.8 Å². The highest BCUT2D eigenvalue weighted by atomic mass is 32.2. The number of fused-ring (bicyclic) bond motifs is 1. The Morgan fingerprint density at radius 2 is 1.89 bits per heavy atom. The number of benzene rings is 1. The third-order valence-corrected chi connectivity index (χ3v) is 10.8. The number of β-amino-alcohol motifs (C(OH)–C–C–N with tert-alkyl or cyclic N) is 1. The summed E-state index contributed by atoms with van der Waals surface area (Å²) in [6.07, 6.45) is -0.623. The zero-order valence-corrected chi connectivity index (χ0v) is 26.6.